The Labute approximate surface area is 157 Å². The second-order valence-corrected chi connectivity index (χ2v) is 6.64. The lowest BCUT2D eigenvalue weighted by Crippen LogP contribution is -2.39. The predicted octanol–water partition coefficient (Wildman–Crippen LogP) is 3.71. The number of likely N-dealkylation sites (N-methyl/N-ethyl adjacent to an activating group) is 1. The van der Waals surface area contributed by atoms with Crippen molar-refractivity contribution in [2.75, 3.05) is 38.6 Å². The van der Waals surface area contributed by atoms with Crippen LogP contribution in [0.2, 0.25) is 0 Å². The Hall–Kier alpha value is -2.33. The highest BCUT2D eigenvalue weighted by Crippen LogP contribution is 2.19. The van der Waals surface area contributed by atoms with Gasteiger partial charge in [0.05, 0.1) is 0 Å². The van der Waals surface area contributed by atoms with Gasteiger partial charge in [0, 0.05) is 25.8 Å². The zero-order valence-corrected chi connectivity index (χ0v) is 16.2. The minimum absolute atomic E-state index is 0.0805. The molecule has 0 fully saturated rings. The quantitative estimate of drug-likeness (QED) is 0.662. The monoisotopic (exact) mass is 353 g/mol. The summed E-state index contributed by atoms with van der Waals surface area (Å²) in [5, 5.41) is 3.11. The van der Waals surface area contributed by atoms with Gasteiger partial charge in [0.1, 0.15) is 6.04 Å². The van der Waals surface area contributed by atoms with Crippen LogP contribution in [-0.4, -0.2) is 44.5 Å². The highest BCUT2D eigenvalue weighted by Gasteiger charge is 2.23. The van der Waals surface area contributed by atoms with Gasteiger partial charge in [-0.05, 0) is 44.1 Å². The molecule has 4 nitrogen and oxygen atoms in total. The molecule has 140 valence electrons. The fourth-order valence-corrected chi connectivity index (χ4v) is 3.02. The standard InChI is InChI=1S/C22H31N3O/c1-4-24(2)21(19-13-7-5-8-14-19)22(26)23-17-11-12-18-25(3)20-15-9-6-10-16-20/h5-10,13-16,21H,4,11-12,17-18H2,1-3H3,(H,23,26). The molecule has 0 aliphatic carbocycles. The molecule has 0 saturated carbocycles. The van der Waals surface area contributed by atoms with Crippen LogP contribution in [0.1, 0.15) is 31.4 Å². The summed E-state index contributed by atoms with van der Waals surface area (Å²) in [5.41, 5.74) is 2.27. The van der Waals surface area contributed by atoms with Gasteiger partial charge in [-0.15, -0.1) is 0 Å². The van der Waals surface area contributed by atoms with Gasteiger partial charge in [-0.1, -0.05) is 55.5 Å². The Balaban J connectivity index is 1.77. The molecule has 2 rings (SSSR count). The van der Waals surface area contributed by atoms with E-state index in [0.717, 1.165) is 31.5 Å². The number of para-hydroxylation sites is 1. The van der Waals surface area contributed by atoms with Crippen molar-refractivity contribution >= 4 is 11.6 Å². The molecule has 4 heteroatoms. The summed E-state index contributed by atoms with van der Waals surface area (Å²) in [4.78, 5) is 17.0. The Morgan fingerprint density at radius 2 is 1.58 bits per heavy atom. The molecule has 0 aliphatic rings. The average molecular weight is 354 g/mol. The normalized spacial score (nSPS) is 12.0. The molecule has 0 spiro atoms. The van der Waals surface area contributed by atoms with Gasteiger partial charge >= 0.3 is 0 Å². The number of amides is 1. The molecule has 0 saturated heterocycles. The van der Waals surface area contributed by atoms with Crippen molar-refractivity contribution in [1.82, 2.24) is 10.2 Å². The lowest BCUT2D eigenvalue weighted by Gasteiger charge is -2.26. The number of nitrogens with zero attached hydrogens (tertiary/aromatic N) is 2. The van der Waals surface area contributed by atoms with E-state index in [2.05, 4.69) is 53.4 Å². The summed E-state index contributed by atoms with van der Waals surface area (Å²) in [6, 6.07) is 20.1. The van der Waals surface area contributed by atoms with Gasteiger partial charge in [0.2, 0.25) is 5.91 Å². The Bertz CT molecular complexity index is 645. The summed E-state index contributed by atoms with van der Waals surface area (Å²) in [7, 11) is 4.10. The molecule has 0 bridgehead atoms. The fourth-order valence-electron chi connectivity index (χ4n) is 3.02. The van der Waals surface area contributed by atoms with Crippen LogP contribution in [0.5, 0.6) is 0 Å². The second-order valence-electron chi connectivity index (χ2n) is 6.64. The molecule has 2 aromatic rings. The smallest absolute Gasteiger partial charge is 0.241 e. The molecular formula is C22H31N3O. The van der Waals surface area contributed by atoms with Crippen LogP contribution in [0.15, 0.2) is 60.7 Å². The lowest BCUT2D eigenvalue weighted by molar-refractivity contribution is -0.126. The maximum Gasteiger partial charge on any atom is 0.241 e. The topological polar surface area (TPSA) is 35.6 Å². The molecular weight excluding hydrogens is 322 g/mol. The van der Waals surface area contributed by atoms with Crippen LogP contribution in [0.25, 0.3) is 0 Å². The number of rotatable bonds is 10. The third kappa shape index (κ3) is 5.88. The van der Waals surface area contributed by atoms with E-state index in [1.807, 2.05) is 43.4 Å². The molecule has 1 amide bonds. The van der Waals surface area contributed by atoms with Crippen LogP contribution in [0.3, 0.4) is 0 Å². The zero-order valence-electron chi connectivity index (χ0n) is 16.2. The largest absolute Gasteiger partial charge is 0.375 e. The zero-order chi connectivity index (χ0) is 18.8. The van der Waals surface area contributed by atoms with E-state index in [0.29, 0.717) is 6.54 Å². The van der Waals surface area contributed by atoms with Crippen LogP contribution in [0, 0.1) is 0 Å². The molecule has 0 aliphatic heterocycles. The number of hydrogen-bond donors (Lipinski definition) is 1. The summed E-state index contributed by atoms with van der Waals surface area (Å²) < 4.78 is 0. The van der Waals surface area contributed by atoms with E-state index >= 15 is 0 Å². The first-order valence-corrected chi connectivity index (χ1v) is 9.42. The minimum Gasteiger partial charge on any atom is -0.375 e. The van der Waals surface area contributed by atoms with Gasteiger partial charge in [0.15, 0.2) is 0 Å². The maximum atomic E-state index is 12.7. The first kappa shape index (κ1) is 20.0. The van der Waals surface area contributed by atoms with E-state index in [1.54, 1.807) is 0 Å². The highest BCUT2D eigenvalue weighted by molar-refractivity contribution is 5.83. The molecule has 1 N–H and O–H groups in total. The van der Waals surface area contributed by atoms with E-state index in [-0.39, 0.29) is 11.9 Å². The molecule has 0 aromatic heterocycles. The number of unbranched alkanes of at least 4 members (excludes halogenated alkanes) is 1. The van der Waals surface area contributed by atoms with Crippen molar-refractivity contribution in [3.05, 3.63) is 66.2 Å². The van der Waals surface area contributed by atoms with Gasteiger partial charge in [-0.3, -0.25) is 9.69 Å². The molecule has 0 heterocycles. The van der Waals surface area contributed by atoms with Gasteiger partial charge in [-0.25, -0.2) is 0 Å². The summed E-state index contributed by atoms with van der Waals surface area (Å²) in [6.45, 7) is 4.59. The molecule has 1 unspecified atom stereocenters. The first-order valence-electron chi connectivity index (χ1n) is 9.42. The number of hydrogen-bond acceptors (Lipinski definition) is 3. The Morgan fingerprint density at radius 1 is 0.962 bits per heavy atom. The number of carbonyl (C=O) groups is 1. The van der Waals surface area contributed by atoms with E-state index in [1.165, 1.54) is 5.69 Å². The van der Waals surface area contributed by atoms with Crippen LogP contribution in [0.4, 0.5) is 5.69 Å². The lowest BCUT2D eigenvalue weighted by atomic mass is 10.0. The average Bonchev–Trinajstić information content (AvgIpc) is 2.69. The summed E-state index contributed by atoms with van der Waals surface area (Å²) >= 11 is 0. The van der Waals surface area contributed by atoms with Crippen molar-refractivity contribution in [3.8, 4) is 0 Å². The minimum atomic E-state index is -0.229. The Morgan fingerprint density at radius 3 is 2.19 bits per heavy atom. The molecule has 1 atom stereocenters. The van der Waals surface area contributed by atoms with Crippen LogP contribution in [-0.2, 0) is 4.79 Å². The second kappa shape index (κ2) is 10.6. The van der Waals surface area contributed by atoms with Gasteiger partial charge in [-0.2, -0.15) is 0 Å². The third-order valence-corrected chi connectivity index (χ3v) is 4.72. The maximum absolute atomic E-state index is 12.7. The first-order chi connectivity index (χ1) is 12.6. The van der Waals surface area contributed by atoms with Crippen molar-refractivity contribution in [3.63, 3.8) is 0 Å². The van der Waals surface area contributed by atoms with E-state index in [9.17, 15) is 4.79 Å². The van der Waals surface area contributed by atoms with Gasteiger partial charge < -0.3 is 10.2 Å². The van der Waals surface area contributed by atoms with E-state index < -0.39 is 0 Å². The SMILES string of the molecule is CCN(C)C(C(=O)NCCCCN(C)c1ccccc1)c1ccccc1. The molecule has 2 aromatic carbocycles. The van der Waals surface area contributed by atoms with Crippen LogP contribution >= 0.6 is 0 Å². The fraction of sp³-hybridized carbons (Fsp3) is 0.409. The number of nitrogens with one attached hydrogen (secondary N) is 1. The highest BCUT2D eigenvalue weighted by atomic mass is 16.2. The summed E-state index contributed by atoms with van der Waals surface area (Å²) in [6.07, 6.45) is 2.02. The molecule has 0 radical (unpaired) electrons. The number of carbonyl (C=O) groups excluding carboxylic acids is 1. The third-order valence-electron chi connectivity index (χ3n) is 4.72. The Kier molecular flexibility index (Phi) is 8.16. The van der Waals surface area contributed by atoms with E-state index in [4.69, 9.17) is 0 Å². The van der Waals surface area contributed by atoms with Gasteiger partial charge in [0.25, 0.3) is 0 Å². The van der Waals surface area contributed by atoms with Crippen molar-refractivity contribution in [2.24, 2.45) is 0 Å². The number of anilines is 1. The summed E-state index contributed by atoms with van der Waals surface area (Å²) in [5.74, 6) is 0.0805. The van der Waals surface area contributed by atoms with Crippen molar-refractivity contribution in [1.29, 1.82) is 0 Å². The van der Waals surface area contributed by atoms with Crippen molar-refractivity contribution in [2.45, 2.75) is 25.8 Å². The number of benzene rings is 2. The van der Waals surface area contributed by atoms with Crippen molar-refractivity contribution < 1.29 is 4.79 Å². The van der Waals surface area contributed by atoms with Crippen LogP contribution < -0.4 is 10.2 Å². The molecule has 26 heavy (non-hydrogen) atoms. The predicted molar refractivity (Wildman–Crippen MR) is 109 cm³/mol.